The Balaban J connectivity index is 1.22. The van der Waals surface area contributed by atoms with E-state index in [4.69, 9.17) is 4.42 Å². The van der Waals surface area contributed by atoms with Gasteiger partial charge in [-0.2, -0.15) is 0 Å². The van der Waals surface area contributed by atoms with Gasteiger partial charge in [0.1, 0.15) is 11.2 Å². The van der Waals surface area contributed by atoms with Crippen molar-refractivity contribution >= 4 is 71.6 Å². The molecule has 8 aromatic carbocycles. The summed E-state index contributed by atoms with van der Waals surface area (Å²) in [6.07, 6.45) is 6.46. The Kier molecular flexibility index (Phi) is 7.58. The van der Waals surface area contributed by atoms with Crippen molar-refractivity contribution < 1.29 is 4.42 Å². The number of para-hydroxylation sites is 4. The Morgan fingerprint density at radius 1 is 0.473 bits per heavy atom. The summed E-state index contributed by atoms with van der Waals surface area (Å²) in [5, 5.41) is 7.37. The lowest BCUT2D eigenvalue weighted by atomic mass is 9.80. The van der Waals surface area contributed by atoms with Gasteiger partial charge in [-0.05, 0) is 95.3 Å². The van der Waals surface area contributed by atoms with Gasteiger partial charge in [-0.25, -0.2) is 0 Å². The first-order valence-corrected chi connectivity index (χ1v) is 19.7. The summed E-state index contributed by atoms with van der Waals surface area (Å²) in [6, 6.07) is 64.2. The van der Waals surface area contributed by atoms with E-state index in [-0.39, 0.29) is 0 Å². The van der Waals surface area contributed by atoms with E-state index in [9.17, 15) is 0 Å². The summed E-state index contributed by atoms with van der Waals surface area (Å²) < 4.78 is 8.96. The molecule has 1 fully saturated rings. The average Bonchev–Trinajstić information content (AvgIpc) is 3.80. The van der Waals surface area contributed by atoms with Gasteiger partial charge in [0.25, 0.3) is 0 Å². The van der Waals surface area contributed by atoms with Crippen LogP contribution >= 0.6 is 0 Å². The Bertz CT molecular complexity index is 3030. The minimum absolute atomic E-state index is 0.579. The van der Waals surface area contributed by atoms with Crippen molar-refractivity contribution in [1.29, 1.82) is 0 Å². The Hall–Kier alpha value is -6.58. The lowest BCUT2D eigenvalue weighted by molar-refractivity contribution is 0.445. The number of hydrogen-bond acceptors (Lipinski definition) is 2. The summed E-state index contributed by atoms with van der Waals surface area (Å²) in [6.45, 7) is 0. The van der Waals surface area contributed by atoms with Crippen LogP contribution < -0.4 is 4.90 Å². The van der Waals surface area contributed by atoms with Gasteiger partial charge in [0.05, 0.1) is 22.4 Å². The lowest BCUT2D eigenvalue weighted by Crippen LogP contribution is -2.12. The highest BCUT2D eigenvalue weighted by Crippen LogP contribution is 2.49. The fraction of sp³-hybridized carbons (Fsp3) is 0.115. The smallest absolute Gasteiger partial charge is 0.137 e. The average molecular weight is 709 g/mol. The van der Waals surface area contributed by atoms with Crippen LogP contribution in [0, 0.1) is 0 Å². The molecule has 0 atom stereocenters. The first-order valence-electron chi connectivity index (χ1n) is 19.7. The highest BCUT2D eigenvalue weighted by molar-refractivity contribution is 6.17. The Morgan fingerprint density at radius 2 is 1.15 bits per heavy atom. The van der Waals surface area contributed by atoms with E-state index >= 15 is 0 Å². The third kappa shape index (κ3) is 5.18. The predicted octanol–water partition coefficient (Wildman–Crippen LogP) is 15.0. The number of anilines is 3. The van der Waals surface area contributed by atoms with Crippen LogP contribution in [-0.2, 0) is 0 Å². The molecule has 0 spiro atoms. The van der Waals surface area contributed by atoms with Crippen LogP contribution in [0.25, 0.3) is 71.3 Å². The molecule has 0 radical (unpaired) electrons. The lowest BCUT2D eigenvalue weighted by Gasteiger charge is -2.30. The molecule has 3 nitrogen and oxygen atoms in total. The molecule has 0 bridgehead atoms. The highest BCUT2D eigenvalue weighted by Gasteiger charge is 2.26. The minimum Gasteiger partial charge on any atom is -0.456 e. The number of furan rings is 1. The maximum absolute atomic E-state index is 6.56. The van der Waals surface area contributed by atoms with Gasteiger partial charge < -0.3 is 13.9 Å². The molecule has 0 amide bonds. The highest BCUT2D eigenvalue weighted by atomic mass is 16.3. The zero-order valence-corrected chi connectivity index (χ0v) is 30.7. The summed E-state index contributed by atoms with van der Waals surface area (Å²) in [5.74, 6) is 0.579. The van der Waals surface area contributed by atoms with E-state index in [0.717, 1.165) is 44.7 Å². The summed E-state index contributed by atoms with van der Waals surface area (Å²) in [4.78, 5) is 2.48. The maximum atomic E-state index is 6.56. The van der Waals surface area contributed by atoms with Crippen molar-refractivity contribution in [3.63, 3.8) is 0 Å². The number of fused-ring (bicyclic) bond motifs is 7. The standard InChI is InChI=1S/C52H40N2O/c1-3-16-35(17-4-1)39-25-13-18-36-19-14-26-43(51(36)39)40-22-7-10-27-45(40)54(38-32-33-42-41-23-9-12-31-49(41)55-50(42)34-38)48-30-15-29-47-52(48)44-24-8-11-28-46(44)53(47)37-20-5-2-6-21-37/h2,5-15,18-35H,1,3-4,16-17H2. The van der Waals surface area contributed by atoms with E-state index in [1.54, 1.807) is 0 Å². The van der Waals surface area contributed by atoms with Crippen LogP contribution in [0.15, 0.2) is 180 Å². The van der Waals surface area contributed by atoms with Gasteiger partial charge in [-0.1, -0.05) is 135 Å². The van der Waals surface area contributed by atoms with Crippen molar-refractivity contribution in [2.45, 2.75) is 38.0 Å². The summed E-state index contributed by atoms with van der Waals surface area (Å²) >= 11 is 0. The van der Waals surface area contributed by atoms with Gasteiger partial charge in [0.2, 0.25) is 0 Å². The van der Waals surface area contributed by atoms with E-state index in [1.165, 1.54) is 81.4 Å². The largest absolute Gasteiger partial charge is 0.456 e. The number of benzene rings is 8. The van der Waals surface area contributed by atoms with Gasteiger partial charge >= 0.3 is 0 Å². The molecule has 264 valence electrons. The first kappa shape index (κ1) is 31.9. The SMILES string of the molecule is c1ccc(-n2c3ccccc3c3c(N(c4ccc5c(c4)oc4ccccc45)c4ccccc4-c4cccc5cccc(C6CCCCC6)c45)cccc32)cc1. The van der Waals surface area contributed by atoms with Crippen molar-refractivity contribution in [2.24, 2.45) is 0 Å². The molecule has 11 rings (SSSR count). The fourth-order valence-corrected chi connectivity index (χ4v) is 9.55. The van der Waals surface area contributed by atoms with Crippen LogP contribution in [0.5, 0.6) is 0 Å². The van der Waals surface area contributed by atoms with Crippen molar-refractivity contribution in [1.82, 2.24) is 4.57 Å². The van der Waals surface area contributed by atoms with E-state index < -0.39 is 0 Å². The number of hydrogen-bond donors (Lipinski definition) is 0. The molecule has 2 aromatic heterocycles. The Labute approximate surface area is 320 Å². The van der Waals surface area contributed by atoms with Gasteiger partial charge in [-0.15, -0.1) is 0 Å². The fourth-order valence-electron chi connectivity index (χ4n) is 9.55. The molecule has 10 aromatic rings. The second kappa shape index (κ2) is 13.1. The molecule has 3 heteroatoms. The second-order valence-electron chi connectivity index (χ2n) is 15.1. The molecule has 1 aliphatic rings. The topological polar surface area (TPSA) is 21.3 Å². The Morgan fingerprint density at radius 3 is 2.04 bits per heavy atom. The molecule has 55 heavy (non-hydrogen) atoms. The van der Waals surface area contributed by atoms with Crippen molar-refractivity contribution in [3.05, 3.63) is 181 Å². The number of nitrogens with zero attached hydrogens (tertiary/aromatic N) is 2. The molecular formula is C52H40N2O. The van der Waals surface area contributed by atoms with Crippen LogP contribution in [-0.4, -0.2) is 4.57 Å². The van der Waals surface area contributed by atoms with Crippen molar-refractivity contribution in [3.8, 4) is 16.8 Å². The van der Waals surface area contributed by atoms with E-state index in [2.05, 4.69) is 179 Å². The first-order chi connectivity index (χ1) is 27.3. The van der Waals surface area contributed by atoms with Gasteiger partial charge in [0.15, 0.2) is 0 Å². The van der Waals surface area contributed by atoms with E-state index in [1.807, 2.05) is 6.07 Å². The monoisotopic (exact) mass is 708 g/mol. The normalized spacial score (nSPS) is 13.7. The zero-order valence-electron chi connectivity index (χ0n) is 30.7. The molecule has 0 unspecified atom stereocenters. The molecule has 1 aliphatic carbocycles. The van der Waals surface area contributed by atoms with Crippen LogP contribution in [0.1, 0.15) is 43.6 Å². The third-order valence-electron chi connectivity index (χ3n) is 12.0. The van der Waals surface area contributed by atoms with Gasteiger partial charge in [0, 0.05) is 44.5 Å². The second-order valence-corrected chi connectivity index (χ2v) is 15.1. The number of rotatable bonds is 6. The molecular weight excluding hydrogens is 669 g/mol. The molecule has 2 heterocycles. The quantitative estimate of drug-likeness (QED) is 0.171. The van der Waals surface area contributed by atoms with E-state index in [0.29, 0.717) is 5.92 Å². The van der Waals surface area contributed by atoms with Crippen LogP contribution in [0.4, 0.5) is 17.1 Å². The summed E-state index contributed by atoms with van der Waals surface area (Å²) in [5.41, 5.74) is 12.6. The van der Waals surface area contributed by atoms with Gasteiger partial charge in [-0.3, -0.25) is 0 Å². The third-order valence-corrected chi connectivity index (χ3v) is 12.0. The molecule has 0 aliphatic heterocycles. The minimum atomic E-state index is 0.579. The molecule has 0 N–H and O–H groups in total. The zero-order chi connectivity index (χ0) is 36.3. The number of aromatic nitrogens is 1. The summed E-state index contributed by atoms with van der Waals surface area (Å²) in [7, 11) is 0. The molecule has 0 saturated heterocycles. The predicted molar refractivity (Wildman–Crippen MR) is 232 cm³/mol. The maximum Gasteiger partial charge on any atom is 0.137 e. The van der Waals surface area contributed by atoms with Crippen molar-refractivity contribution in [2.75, 3.05) is 4.90 Å². The molecule has 1 saturated carbocycles. The van der Waals surface area contributed by atoms with Crippen LogP contribution in [0.3, 0.4) is 0 Å². The van der Waals surface area contributed by atoms with Crippen LogP contribution in [0.2, 0.25) is 0 Å².